The van der Waals surface area contributed by atoms with Gasteiger partial charge in [0.15, 0.2) is 4.34 Å². The number of ether oxygens (including phenoxy) is 2. The summed E-state index contributed by atoms with van der Waals surface area (Å²) >= 11 is 2.31. The van der Waals surface area contributed by atoms with Crippen molar-refractivity contribution in [3.8, 4) is 0 Å². The lowest BCUT2D eigenvalue weighted by molar-refractivity contribution is -0.137. The Labute approximate surface area is 144 Å². The molecule has 0 aromatic carbocycles. The molecule has 0 atom stereocenters. The Bertz CT molecular complexity index is 862. The van der Waals surface area contributed by atoms with Crippen LogP contribution in [0.25, 0.3) is 4.96 Å². The molecule has 0 unspecified atom stereocenters. The van der Waals surface area contributed by atoms with Crippen LogP contribution in [-0.4, -0.2) is 64.5 Å². The van der Waals surface area contributed by atoms with Crippen molar-refractivity contribution in [2.45, 2.75) is 10.9 Å². The van der Waals surface area contributed by atoms with Crippen LogP contribution in [0.5, 0.6) is 0 Å². The van der Waals surface area contributed by atoms with Gasteiger partial charge in [0.05, 0.1) is 31.6 Å². The molecular formula is C13H14N4O5S2. The number of hydrogen-bond donors (Lipinski definition) is 0. The fourth-order valence-electron chi connectivity index (χ4n) is 2.21. The number of methoxy groups -OCH3 is 2. The Hall–Kier alpha value is -1.98. The fraction of sp³-hybridized carbons (Fsp3) is 0.462. The lowest BCUT2D eigenvalue weighted by atomic mass is 10.3. The predicted molar refractivity (Wildman–Crippen MR) is 86.5 cm³/mol. The number of carbonyl (C=O) groups excluding carboxylic acids is 2. The molecule has 11 heteroatoms. The Morgan fingerprint density at radius 2 is 2.17 bits per heavy atom. The van der Waals surface area contributed by atoms with Crippen molar-refractivity contribution >= 4 is 39.9 Å². The van der Waals surface area contributed by atoms with Crippen molar-refractivity contribution in [1.82, 2.24) is 19.5 Å². The molecule has 3 rings (SSSR count). The second-order valence-electron chi connectivity index (χ2n) is 4.89. The number of carbonyl (C=O) groups is 2. The fourth-order valence-corrected chi connectivity index (χ4v) is 3.97. The van der Waals surface area contributed by atoms with Gasteiger partial charge in [0, 0.05) is 13.7 Å². The summed E-state index contributed by atoms with van der Waals surface area (Å²) in [6.07, 6.45) is 0. The molecule has 0 saturated carbocycles. The van der Waals surface area contributed by atoms with Crippen LogP contribution in [0.2, 0.25) is 0 Å². The summed E-state index contributed by atoms with van der Waals surface area (Å²) in [5.41, 5.74) is 0.150. The van der Waals surface area contributed by atoms with E-state index in [9.17, 15) is 14.4 Å². The van der Waals surface area contributed by atoms with Crippen molar-refractivity contribution in [3.05, 3.63) is 21.6 Å². The lowest BCUT2D eigenvalue weighted by Crippen LogP contribution is -2.28. The number of amides is 1. The molecule has 2 aromatic rings. The Balaban J connectivity index is 1.90. The second-order valence-corrected chi connectivity index (χ2v) is 7.07. The number of thioether (sulfide) groups is 1. The van der Waals surface area contributed by atoms with Crippen molar-refractivity contribution in [1.29, 1.82) is 0 Å². The van der Waals surface area contributed by atoms with Gasteiger partial charge < -0.3 is 14.4 Å². The van der Waals surface area contributed by atoms with Crippen molar-refractivity contribution < 1.29 is 19.1 Å². The third-order valence-electron chi connectivity index (χ3n) is 3.43. The van der Waals surface area contributed by atoms with Crippen molar-refractivity contribution in [2.75, 3.05) is 33.1 Å². The maximum absolute atomic E-state index is 12.5. The minimum Gasteiger partial charge on any atom is -0.468 e. The normalized spacial score (nSPS) is 13.6. The minimum absolute atomic E-state index is 0.0918. The van der Waals surface area contributed by atoms with Gasteiger partial charge >= 0.3 is 5.97 Å². The van der Waals surface area contributed by atoms with Gasteiger partial charge in [-0.3, -0.25) is 14.4 Å². The third kappa shape index (κ3) is 3.01. The van der Waals surface area contributed by atoms with E-state index in [2.05, 4.69) is 14.8 Å². The molecule has 3 heterocycles. The van der Waals surface area contributed by atoms with Crippen LogP contribution in [0.1, 0.15) is 16.1 Å². The maximum atomic E-state index is 12.5. The van der Waals surface area contributed by atoms with Gasteiger partial charge in [0.1, 0.15) is 5.69 Å². The van der Waals surface area contributed by atoms with Crippen LogP contribution in [-0.2, 0) is 20.8 Å². The summed E-state index contributed by atoms with van der Waals surface area (Å²) in [5.74, 6) is -0.570. The van der Waals surface area contributed by atoms with E-state index in [1.54, 1.807) is 7.11 Å². The molecule has 0 radical (unpaired) electrons. The van der Waals surface area contributed by atoms with E-state index in [0.29, 0.717) is 28.0 Å². The van der Waals surface area contributed by atoms with E-state index in [-0.39, 0.29) is 35.4 Å². The molecule has 0 fully saturated rings. The van der Waals surface area contributed by atoms with E-state index in [1.807, 2.05) is 0 Å². The highest BCUT2D eigenvalue weighted by Crippen LogP contribution is 2.25. The van der Waals surface area contributed by atoms with Crippen LogP contribution < -0.4 is 5.56 Å². The van der Waals surface area contributed by atoms with E-state index < -0.39 is 0 Å². The van der Waals surface area contributed by atoms with Gasteiger partial charge in [-0.2, -0.15) is 4.52 Å². The highest BCUT2D eigenvalue weighted by molar-refractivity contribution is 8.01. The van der Waals surface area contributed by atoms with E-state index in [4.69, 9.17) is 4.74 Å². The smallest absolute Gasteiger partial charge is 0.316 e. The first-order valence-corrected chi connectivity index (χ1v) is 8.76. The summed E-state index contributed by atoms with van der Waals surface area (Å²) in [5, 5.41) is 4.17. The monoisotopic (exact) mass is 370 g/mol. The van der Waals surface area contributed by atoms with Gasteiger partial charge in [0.2, 0.25) is 4.96 Å². The largest absolute Gasteiger partial charge is 0.468 e. The Kier molecular flexibility index (Phi) is 4.83. The Morgan fingerprint density at radius 3 is 2.88 bits per heavy atom. The van der Waals surface area contributed by atoms with Gasteiger partial charge in [-0.15, -0.1) is 5.10 Å². The predicted octanol–water partition coefficient (Wildman–Crippen LogP) is 0.0183. The van der Waals surface area contributed by atoms with Crippen LogP contribution >= 0.6 is 23.1 Å². The van der Waals surface area contributed by atoms with E-state index in [0.717, 1.165) is 23.1 Å². The summed E-state index contributed by atoms with van der Waals surface area (Å²) in [6, 6.07) is 0. The van der Waals surface area contributed by atoms with Gasteiger partial charge in [-0.25, -0.2) is 4.98 Å². The molecule has 2 aromatic heterocycles. The average Bonchev–Trinajstić information content (AvgIpc) is 3.13. The molecule has 128 valence electrons. The molecule has 24 heavy (non-hydrogen) atoms. The van der Waals surface area contributed by atoms with Crippen LogP contribution in [0, 0.1) is 0 Å². The number of fused-ring (bicyclic) bond motifs is 2. The summed E-state index contributed by atoms with van der Waals surface area (Å²) in [4.78, 5) is 42.2. The molecule has 1 aliphatic heterocycles. The van der Waals surface area contributed by atoms with Crippen molar-refractivity contribution in [3.63, 3.8) is 0 Å². The molecule has 0 spiro atoms. The Morgan fingerprint density at radius 1 is 1.38 bits per heavy atom. The van der Waals surface area contributed by atoms with E-state index in [1.165, 1.54) is 16.5 Å². The molecule has 9 nitrogen and oxygen atoms in total. The number of hydrogen-bond acceptors (Lipinski definition) is 9. The first kappa shape index (κ1) is 16.9. The first-order valence-electron chi connectivity index (χ1n) is 6.95. The topological polar surface area (TPSA) is 103 Å². The maximum Gasteiger partial charge on any atom is 0.316 e. The van der Waals surface area contributed by atoms with Crippen molar-refractivity contribution in [2.24, 2.45) is 0 Å². The summed E-state index contributed by atoms with van der Waals surface area (Å²) < 4.78 is 11.2. The van der Waals surface area contributed by atoms with Gasteiger partial charge in [0.25, 0.3) is 11.5 Å². The quantitative estimate of drug-likeness (QED) is 0.518. The molecule has 0 saturated heterocycles. The number of aromatic nitrogens is 3. The minimum atomic E-state index is -0.383. The van der Waals surface area contributed by atoms with E-state index >= 15 is 0 Å². The summed E-state index contributed by atoms with van der Waals surface area (Å²) in [7, 11) is 2.85. The molecule has 0 N–H and O–H groups in total. The number of nitrogens with zero attached hydrogens (tertiary/aromatic N) is 4. The molecule has 1 amide bonds. The van der Waals surface area contributed by atoms with Crippen LogP contribution in [0.4, 0.5) is 0 Å². The molecular weight excluding hydrogens is 356 g/mol. The number of esters is 1. The SMILES string of the molecule is COCCN1Cc2c(nc3sc(SCC(=O)OC)nn3c2=O)C1=O. The first-order chi connectivity index (χ1) is 11.5. The zero-order valence-corrected chi connectivity index (χ0v) is 14.6. The molecule has 1 aliphatic rings. The third-order valence-corrected chi connectivity index (χ3v) is 5.45. The van der Waals surface area contributed by atoms with Gasteiger partial charge in [-0.1, -0.05) is 23.1 Å². The van der Waals surface area contributed by atoms with Gasteiger partial charge in [-0.05, 0) is 0 Å². The highest BCUT2D eigenvalue weighted by Gasteiger charge is 2.32. The average molecular weight is 370 g/mol. The second kappa shape index (κ2) is 6.87. The zero-order chi connectivity index (χ0) is 17.3. The van der Waals surface area contributed by atoms with Crippen LogP contribution in [0.15, 0.2) is 9.13 Å². The van der Waals surface area contributed by atoms with Crippen LogP contribution in [0.3, 0.4) is 0 Å². The molecule has 0 bridgehead atoms. The summed E-state index contributed by atoms with van der Waals surface area (Å²) in [6.45, 7) is 0.994. The standard InChI is InChI=1S/C13H14N4O5S2/c1-21-4-3-16-5-7-9(11(16)20)14-12-17(10(7)19)15-13(24-12)23-6-8(18)22-2/h3-6H2,1-2H3. The zero-order valence-electron chi connectivity index (χ0n) is 13.0. The molecule has 0 aliphatic carbocycles. The lowest BCUT2D eigenvalue weighted by Gasteiger charge is -2.13. The highest BCUT2D eigenvalue weighted by atomic mass is 32.2. The number of rotatable bonds is 6.